The van der Waals surface area contributed by atoms with E-state index in [9.17, 15) is 0 Å². The molecule has 0 aliphatic rings. The van der Waals surface area contributed by atoms with E-state index in [0.717, 1.165) is 0 Å². The van der Waals surface area contributed by atoms with Crippen molar-refractivity contribution in [1.82, 2.24) is 0 Å². The van der Waals surface area contributed by atoms with Crippen LogP contribution in [0.1, 0.15) is 0 Å². The van der Waals surface area contributed by atoms with Crippen molar-refractivity contribution in [3.8, 4) is 0 Å². The summed E-state index contributed by atoms with van der Waals surface area (Å²) in [6, 6.07) is 0. The fraction of sp³-hybridized carbons (Fsp3) is 0. The largest absolute Gasteiger partial charge is 0 e. The van der Waals surface area contributed by atoms with Crippen molar-refractivity contribution in [1.29, 1.82) is 0 Å². The summed E-state index contributed by atoms with van der Waals surface area (Å²) < 4.78 is 0. The van der Waals surface area contributed by atoms with Gasteiger partial charge in [0, 0.05) is 103 Å². The van der Waals surface area contributed by atoms with E-state index in [1.807, 2.05) is 0 Å². The summed E-state index contributed by atoms with van der Waals surface area (Å²) in [5.41, 5.74) is 0. The Kier molecular flexibility index (Phi) is 105. The van der Waals surface area contributed by atoms with E-state index in [1.165, 1.54) is 0 Å². The van der Waals surface area contributed by atoms with E-state index in [2.05, 4.69) is 0 Å². The molecule has 0 saturated heterocycles. The van der Waals surface area contributed by atoms with Crippen LogP contribution in [0.4, 0.5) is 0 Å². The van der Waals surface area contributed by atoms with Gasteiger partial charge in [0.05, 0.1) is 0 Å². The first-order chi connectivity index (χ1) is 0. The Bertz CT molecular complexity index is 3.25. The fourth-order valence-electron chi connectivity index (χ4n) is 0. The molecule has 0 aliphatic heterocycles. The Labute approximate surface area is 100 Å². The number of hydrogen-bond donors (Lipinski definition) is 0. The molecule has 0 nitrogen and oxygen atoms in total. The molecule has 0 heterocycles. The molecular weight excluding hydrogens is 594 g/mol. The molecule has 0 aliphatic carbocycles. The van der Waals surface area contributed by atoms with Crippen LogP contribution in [0.3, 0.4) is 0 Å². The van der Waals surface area contributed by atoms with Gasteiger partial charge in [0.25, 0.3) is 0 Å². The van der Waals surface area contributed by atoms with Crippen molar-refractivity contribution >= 4 is 71.7 Å². The molecule has 12 radical (unpaired) electrons. The first-order valence-corrected chi connectivity index (χ1v) is 0. The molecule has 0 aromatic carbocycles. The molecule has 0 bridgehead atoms. The third kappa shape index (κ3) is 9.07. The smallest absolute Gasteiger partial charge is 0 e. The molecule has 0 saturated carbocycles. The van der Waals surface area contributed by atoms with Gasteiger partial charge in [-0.25, -0.2) is 0 Å². The van der Waals surface area contributed by atoms with Gasteiger partial charge in [0.15, 0.2) is 0 Å². The standard InChI is InChI=1S/3Sn.U. The second-order valence-electron chi connectivity index (χ2n) is 0. The van der Waals surface area contributed by atoms with Gasteiger partial charge in [0.1, 0.15) is 0 Å². The molecule has 16 valence electrons. The number of rotatable bonds is 0. The summed E-state index contributed by atoms with van der Waals surface area (Å²) in [7, 11) is 0. The van der Waals surface area contributed by atoms with Gasteiger partial charge in [-0.05, 0) is 0 Å². The van der Waals surface area contributed by atoms with Gasteiger partial charge in [-0.1, -0.05) is 0 Å². The summed E-state index contributed by atoms with van der Waals surface area (Å²) in [4.78, 5) is 0. The van der Waals surface area contributed by atoms with Crippen molar-refractivity contribution in [2.75, 3.05) is 0 Å². The minimum atomic E-state index is 0. The molecule has 0 amide bonds. The van der Waals surface area contributed by atoms with Gasteiger partial charge >= 0.3 is 0 Å². The van der Waals surface area contributed by atoms with Crippen molar-refractivity contribution in [3.05, 3.63) is 0 Å². The van der Waals surface area contributed by atoms with Crippen molar-refractivity contribution in [3.63, 3.8) is 0 Å². The normalized spacial score (nSPS) is 0. The molecule has 0 N–H and O–H groups in total. The van der Waals surface area contributed by atoms with Crippen molar-refractivity contribution in [2.45, 2.75) is 0 Å². The Morgan fingerprint density at radius 3 is 0.500 bits per heavy atom. The zero-order valence-corrected chi connectivity index (χ0v) is 14.7. The Balaban J connectivity index is 0. The van der Waals surface area contributed by atoms with Crippen LogP contribution in [0.15, 0.2) is 0 Å². The van der Waals surface area contributed by atoms with E-state index in [4.69, 9.17) is 0 Å². The van der Waals surface area contributed by atoms with Crippen LogP contribution in [0, 0.1) is 31.1 Å². The molecule has 4 heteroatoms. The molecule has 4 heavy (non-hydrogen) atoms. The Morgan fingerprint density at radius 1 is 0.500 bits per heavy atom. The van der Waals surface area contributed by atoms with Crippen LogP contribution < -0.4 is 0 Å². The third-order valence-corrected chi connectivity index (χ3v) is 0. The number of hydrogen-bond acceptors (Lipinski definition) is 0. The van der Waals surface area contributed by atoms with E-state index in [0.29, 0.717) is 0 Å². The first-order valence-electron chi connectivity index (χ1n) is 0. The van der Waals surface area contributed by atoms with Crippen molar-refractivity contribution < 1.29 is 31.1 Å². The molecule has 0 atom stereocenters. The molecule has 0 spiro atoms. The van der Waals surface area contributed by atoms with E-state index in [1.54, 1.807) is 0 Å². The molecule has 0 fully saturated rings. The topological polar surface area (TPSA) is 0 Å². The molecular formula is Sn3U. The summed E-state index contributed by atoms with van der Waals surface area (Å²) in [6.45, 7) is 0. The average Bonchev–Trinajstić information content (AvgIpc) is 0. The summed E-state index contributed by atoms with van der Waals surface area (Å²) in [6.07, 6.45) is 0. The van der Waals surface area contributed by atoms with Gasteiger partial charge in [-0.2, -0.15) is 0 Å². The monoisotopic (exact) mass is 598 g/mol. The quantitative estimate of drug-likeness (QED) is 0.312. The summed E-state index contributed by atoms with van der Waals surface area (Å²) in [5, 5.41) is 0. The zero-order valence-electron chi connectivity index (χ0n) is 2.00. The predicted octanol–water partition coefficient (Wildman–Crippen LogP) is -1.14. The van der Waals surface area contributed by atoms with Crippen LogP contribution in [0.5, 0.6) is 0 Å². The van der Waals surface area contributed by atoms with Crippen LogP contribution >= 0.6 is 0 Å². The molecule has 0 aromatic heterocycles. The fourth-order valence-corrected chi connectivity index (χ4v) is 0. The van der Waals surface area contributed by atoms with Gasteiger partial charge < -0.3 is 0 Å². The maximum Gasteiger partial charge on any atom is 0 e. The second kappa shape index (κ2) is 16.1. The molecule has 0 rings (SSSR count). The van der Waals surface area contributed by atoms with E-state index in [-0.39, 0.29) is 103 Å². The minimum absolute atomic E-state index is 0. The van der Waals surface area contributed by atoms with E-state index >= 15 is 0 Å². The van der Waals surface area contributed by atoms with Crippen molar-refractivity contribution in [2.24, 2.45) is 0 Å². The van der Waals surface area contributed by atoms with Crippen LogP contribution in [-0.2, 0) is 0 Å². The van der Waals surface area contributed by atoms with Gasteiger partial charge in [-0.15, -0.1) is 0 Å². The first kappa shape index (κ1) is 26.0. The van der Waals surface area contributed by atoms with Crippen LogP contribution in [-0.4, -0.2) is 71.7 Å². The van der Waals surface area contributed by atoms with E-state index < -0.39 is 0 Å². The van der Waals surface area contributed by atoms with Gasteiger partial charge in [-0.3, -0.25) is 0 Å². The summed E-state index contributed by atoms with van der Waals surface area (Å²) >= 11 is 0. The zero-order chi connectivity index (χ0) is 0. The Morgan fingerprint density at radius 2 is 0.500 bits per heavy atom. The second-order valence-corrected chi connectivity index (χ2v) is 0. The average molecular weight is 594 g/mol. The SMILES string of the molecule is [Sn].[Sn].[Sn].[U]. The van der Waals surface area contributed by atoms with Crippen LogP contribution in [0.25, 0.3) is 0 Å². The van der Waals surface area contributed by atoms with Gasteiger partial charge in [0.2, 0.25) is 0 Å². The summed E-state index contributed by atoms with van der Waals surface area (Å²) in [5.74, 6) is 0. The Hall–Kier alpha value is 3.45. The molecule has 0 aromatic rings. The maximum absolute atomic E-state index is 0. The molecule has 0 unspecified atom stereocenters. The maximum atomic E-state index is 0. The van der Waals surface area contributed by atoms with Crippen LogP contribution in [0.2, 0.25) is 0 Å². The third-order valence-electron chi connectivity index (χ3n) is 0. The predicted molar refractivity (Wildman–Crippen MR) is 17.3 cm³/mol. The minimum Gasteiger partial charge on any atom is 0 e.